The fraction of sp³-hybridized carbons (Fsp3) is 0.692. The van der Waals surface area contributed by atoms with E-state index in [4.69, 9.17) is 0 Å². The zero-order chi connectivity index (χ0) is 18.0. The minimum absolute atomic E-state index is 0.984. The molecule has 0 heteroatoms. The molecule has 3 rings (SSSR count). The van der Waals surface area contributed by atoms with Crippen molar-refractivity contribution in [2.75, 3.05) is 0 Å². The van der Waals surface area contributed by atoms with E-state index in [2.05, 4.69) is 31.2 Å². The monoisotopic (exact) mass is 352 g/mol. The molecular weight excluding hydrogens is 312 g/mol. The maximum Gasteiger partial charge on any atom is -0.0193 e. The Hall–Kier alpha value is -1.04. The van der Waals surface area contributed by atoms with Gasteiger partial charge in [0, 0.05) is 0 Å². The summed E-state index contributed by atoms with van der Waals surface area (Å²) in [6, 6.07) is 4.97. The molecule has 0 N–H and O–H groups in total. The number of allylic oxidation sites excluding steroid dienone is 1. The van der Waals surface area contributed by atoms with Crippen molar-refractivity contribution in [1.82, 2.24) is 0 Å². The quantitative estimate of drug-likeness (QED) is 0.505. The largest absolute Gasteiger partial charge is 0.0839 e. The fourth-order valence-corrected chi connectivity index (χ4v) is 5.18. The van der Waals surface area contributed by atoms with E-state index >= 15 is 0 Å². The maximum absolute atomic E-state index is 2.51. The summed E-state index contributed by atoms with van der Waals surface area (Å²) in [4.78, 5) is 0. The van der Waals surface area contributed by atoms with Crippen LogP contribution in [0, 0.1) is 5.92 Å². The van der Waals surface area contributed by atoms with Gasteiger partial charge in [-0.2, -0.15) is 0 Å². The maximum atomic E-state index is 2.51. The van der Waals surface area contributed by atoms with Gasteiger partial charge in [-0.25, -0.2) is 0 Å². The van der Waals surface area contributed by atoms with Gasteiger partial charge in [0.05, 0.1) is 0 Å². The van der Waals surface area contributed by atoms with E-state index in [1.165, 1.54) is 103 Å². The van der Waals surface area contributed by atoms with E-state index < -0.39 is 0 Å². The lowest BCUT2D eigenvalue weighted by atomic mass is 9.84. The van der Waals surface area contributed by atoms with Crippen LogP contribution >= 0.6 is 0 Å². The van der Waals surface area contributed by atoms with Crippen LogP contribution in [-0.2, 0) is 19.3 Å². The van der Waals surface area contributed by atoms with Crippen molar-refractivity contribution in [2.45, 2.75) is 110 Å². The van der Waals surface area contributed by atoms with Gasteiger partial charge < -0.3 is 0 Å². The van der Waals surface area contributed by atoms with Crippen LogP contribution < -0.4 is 0 Å². The minimum Gasteiger partial charge on any atom is -0.0839 e. The lowest BCUT2D eigenvalue weighted by molar-refractivity contribution is 0.385. The topological polar surface area (TPSA) is 0 Å². The average molecular weight is 353 g/mol. The van der Waals surface area contributed by atoms with E-state index in [0.717, 1.165) is 5.92 Å². The Kier molecular flexibility index (Phi) is 8.30. The van der Waals surface area contributed by atoms with Crippen molar-refractivity contribution in [2.24, 2.45) is 5.92 Å². The molecule has 0 saturated carbocycles. The molecule has 0 fully saturated rings. The van der Waals surface area contributed by atoms with Crippen LogP contribution in [0.4, 0.5) is 0 Å². The Balaban J connectivity index is 1.84. The van der Waals surface area contributed by atoms with Crippen molar-refractivity contribution >= 4 is 6.08 Å². The second-order valence-electron chi connectivity index (χ2n) is 8.78. The zero-order valence-corrected chi connectivity index (χ0v) is 17.2. The molecule has 2 aliphatic rings. The van der Waals surface area contributed by atoms with Gasteiger partial charge in [0.1, 0.15) is 0 Å². The Morgan fingerprint density at radius 3 is 2.42 bits per heavy atom. The van der Waals surface area contributed by atoms with Gasteiger partial charge >= 0.3 is 0 Å². The third kappa shape index (κ3) is 5.73. The highest BCUT2D eigenvalue weighted by Crippen LogP contribution is 2.30. The molecule has 0 radical (unpaired) electrons. The Labute approximate surface area is 162 Å². The zero-order valence-electron chi connectivity index (χ0n) is 17.2. The van der Waals surface area contributed by atoms with Gasteiger partial charge in [0.2, 0.25) is 0 Å². The first kappa shape index (κ1) is 19.7. The van der Waals surface area contributed by atoms with Crippen LogP contribution in [-0.4, -0.2) is 0 Å². The number of hydrogen-bond acceptors (Lipinski definition) is 0. The molecule has 0 aliphatic heterocycles. The summed E-state index contributed by atoms with van der Waals surface area (Å²) in [6.45, 7) is 2.36. The summed E-state index contributed by atoms with van der Waals surface area (Å²) >= 11 is 0. The number of fused-ring (bicyclic) bond motifs is 3. The first-order valence-electron chi connectivity index (χ1n) is 11.7. The predicted molar refractivity (Wildman–Crippen MR) is 116 cm³/mol. The second kappa shape index (κ2) is 11.0. The molecule has 144 valence electrons. The minimum atomic E-state index is 0.984. The highest BCUT2D eigenvalue weighted by molar-refractivity contribution is 5.60. The fourth-order valence-electron chi connectivity index (χ4n) is 5.18. The molecule has 0 spiro atoms. The Morgan fingerprint density at radius 1 is 0.769 bits per heavy atom. The number of aryl methyl sites for hydroxylation is 2. The normalized spacial score (nSPS) is 22.7. The number of rotatable bonds is 2. The molecule has 2 aliphatic carbocycles. The van der Waals surface area contributed by atoms with E-state index in [9.17, 15) is 0 Å². The molecule has 1 aromatic carbocycles. The summed E-state index contributed by atoms with van der Waals surface area (Å²) in [5.41, 5.74) is 6.63. The third-order valence-corrected chi connectivity index (χ3v) is 6.69. The summed E-state index contributed by atoms with van der Waals surface area (Å²) in [5.74, 6) is 0.984. The summed E-state index contributed by atoms with van der Waals surface area (Å²) in [7, 11) is 0. The van der Waals surface area contributed by atoms with Crippen molar-refractivity contribution in [3.8, 4) is 0 Å². The summed E-state index contributed by atoms with van der Waals surface area (Å²) in [6.07, 6.45) is 27.1. The van der Waals surface area contributed by atoms with Gasteiger partial charge in [-0.3, -0.25) is 0 Å². The lowest BCUT2D eigenvalue weighted by Gasteiger charge is -2.22. The number of hydrogen-bond donors (Lipinski definition) is 0. The predicted octanol–water partition coefficient (Wildman–Crippen LogP) is 8.06. The number of benzene rings is 1. The first-order valence-corrected chi connectivity index (χ1v) is 11.7. The molecule has 1 unspecified atom stereocenters. The summed E-state index contributed by atoms with van der Waals surface area (Å²) < 4.78 is 0. The molecular formula is C26H40. The molecule has 0 bridgehead atoms. The van der Waals surface area contributed by atoms with Crippen LogP contribution in [0.3, 0.4) is 0 Å². The molecule has 0 saturated heterocycles. The molecule has 1 atom stereocenters. The van der Waals surface area contributed by atoms with Crippen molar-refractivity contribution in [3.05, 3.63) is 40.5 Å². The molecule has 1 aromatic rings. The molecule has 0 aromatic heterocycles. The molecule has 0 nitrogen and oxygen atoms in total. The Bertz CT molecular complexity index is 566. The van der Waals surface area contributed by atoms with Gasteiger partial charge in [-0.1, -0.05) is 82.6 Å². The second-order valence-corrected chi connectivity index (χ2v) is 8.78. The van der Waals surface area contributed by atoms with Crippen LogP contribution in [0.2, 0.25) is 0 Å². The SMILES string of the molecule is CCCC1CCCCc2ccc3c(c2CCC1)C=CCCCCCCC3. The van der Waals surface area contributed by atoms with Crippen molar-refractivity contribution < 1.29 is 0 Å². The molecule has 0 heterocycles. The smallest absolute Gasteiger partial charge is 0.0193 e. The van der Waals surface area contributed by atoms with Crippen LogP contribution in [0.1, 0.15) is 113 Å². The van der Waals surface area contributed by atoms with Gasteiger partial charge in [-0.15, -0.1) is 0 Å². The van der Waals surface area contributed by atoms with Crippen LogP contribution in [0.25, 0.3) is 6.08 Å². The van der Waals surface area contributed by atoms with Gasteiger partial charge in [0.25, 0.3) is 0 Å². The van der Waals surface area contributed by atoms with Crippen LogP contribution in [0.15, 0.2) is 18.2 Å². The van der Waals surface area contributed by atoms with Gasteiger partial charge in [0.15, 0.2) is 0 Å². The van der Waals surface area contributed by atoms with Crippen molar-refractivity contribution in [3.63, 3.8) is 0 Å². The van der Waals surface area contributed by atoms with E-state index in [1.54, 1.807) is 22.3 Å². The standard InChI is InChI=1S/C26H40/c1-2-13-22-14-10-11-17-24-21-20-23-16-8-6-4-3-5-7-9-18-25(23)26(24)19-12-15-22/h9,18,20-22H,2-8,10-17,19H2,1H3. The lowest BCUT2D eigenvalue weighted by Crippen LogP contribution is -2.08. The van der Waals surface area contributed by atoms with Crippen LogP contribution in [0.5, 0.6) is 0 Å². The van der Waals surface area contributed by atoms with E-state index in [1.807, 2.05) is 0 Å². The van der Waals surface area contributed by atoms with Gasteiger partial charge in [-0.05, 0) is 79.5 Å². The van der Waals surface area contributed by atoms with E-state index in [0.29, 0.717) is 0 Å². The summed E-state index contributed by atoms with van der Waals surface area (Å²) in [5, 5.41) is 0. The Morgan fingerprint density at radius 2 is 1.50 bits per heavy atom. The highest BCUT2D eigenvalue weighted by Gasteiger charge is 2.15. The highest BCUT2D eigenvalue weighted by atomic mass is 14.2. The third-order valence-electron chi connectivity index (χ3n) is 6.69. The molecule has 26 heavy (non-hydrogen) atoms. The average Bonchev–Trinajstić information content (AvgIpc) is 2.71. The van der Waals surface area contributed by atoms with E-state index in [-0.39, 0.29) is 0 Å². The molecule has 0 amide bonds. The first-order chi connectivity index (χ1) is 12.9. The van der Waals surface area contributed by atoms with Crippen molar-refractivity contribution in [1.29, 1.82) is 0 Å².